The number of hydrogen-bond donors (Lipinski definition) is 2. The smallest absolute Gasteiger partial charge is 0.283 e. The number of carbonyl (C=O) groups is 3. The summed E-state index contributed by atoms with van der Waals surface area (Å²) in [5, 5.41) is 5.66. The molecule has 1 aliphatic rings. The van der Waals surface area contributed by atoms with Crippen LogP contribution in [-0.2, 0) is 9.59 Å². The van der Waals surface area contributed by atoms with Gasteiger partial charge in [-0.2, -0.15) is 0 Å². The van der Waals surface area contributed by atoms with Crippen molar-refractivity contribution in [3.8, 4) is 11.5 Å². The van der Waals surface area contributed by atoms with Gasteiger partial charge in [0.2, 0.25) is 0 Å². The molecule has 0 bridgehead atoms. The lowest BCUT2D eigenvalue weighted by molar-refractivity contribution is -0.120. The second-order valence-electron chi connectivity index (χ2n) is 7.34. The van der Waals surface area contributed by atoms with E-state index in [2.05, 4.69) is 10.6 Å². The number of amides is 3. The minimum atomic E-state index is -0.730. The number of benzene rings is 3. The highest BCUT2D eigenvalue weighted by Gasteiger charge is 2.40. The average Bonchev–Trinajstić information content (AvgIpc) is 3.07. The molecule has 0 aliphatic carbocycles. The van der Waals surface area contributed by atoms with Crippen molar-refractivity contribution in [3.63, 3.8) is 0 Å². The Bertz CT molecular complexity index is 1370. The molecule has 0 saturated heterocycles. The SMILES string of the molecule is COc1cccc(NC(=O)c2cccc(NC3=C(Cl)C(=O)N(c4cc(Cl)ccc4OC)C3=O)c2)c1. The molecule has 1 aliphatic heterocycles. The maximum atomic E-state index is 13.1. The lowest BCUT2D eigenvalue weighted by atomic mass is 10.1. The van der Waals surface area contributed by atoms with Crippen LogP contribution in [0, 0.1) is 0 Å². The Morgan fingerprint density at radius 3 is 2.34 bits per heavy atom. The Morgan fingerprint density at radius 2 is 1.60 bits per heavy atom. The quantitative estimate of drug-likeness (QED) is 0.431. The summed E-state index contributed by atoms with van der Waals surface area (Å²) in [6.07, 6.45) is 0. The summed E-state index contributed by atoms with van der Waals surface area (Å²) in [6.45, 7) is 0. The molecule has 2 N–H and O–H groups in total. The molecule has 8 nitrogen and oxygen atoms in total. The molecule has 10 heteroatoms. The van der Waals surface area contributed by atoms with Crippen molar-refractivity contribution in [3.05, 3.63) is 88.0 Å². The van der Waals surface area contributed by atoms with Crippen LogP contribution < -0.4 is 25.0 Å². The molecular weight excluding hydrogens is 493 g/mol. The number of nitrogens with zero attached hydrogens (tertiary/aromatic N) is 1. The fourth-order valence-electron chi connectivity index (χ4n) is 3.45. The molecule has 0 fully saturated rings. The number of halogens is 2. The van der Waals surface area contributed by atoms with Crippen LogP contribution in [-0.4, -0.2) is 31.9 Å². The zero-order valence-electron chi connectivity index (χ0n) is 18.6. The van der Waals surface area contributed by atoms with Crippen LogP contribution in [0.4, 0.5) is 17.1 Å². The van der Waals surface area contributed by atoms with Crippen LogP contribution in [0.15, 0.2) is 77.5 Å². The second kappa shape index (κ2) is 10.1. The van der Waals surface area contributed by atoms with Gasteiger partial charge in [0, 0.05) is 28.0 Å². The van der Waals surface area contributed by atoms with Crippen molar-refractivity contribution >= 4 is 58.0 Å². The highest BCUT2D eigenvalue weighted by atomic mass is 35.5. The summed E-state index contributed by atoms with van der Waals surface area (Å²) >= 11 is 12.3. The summed E-state index contributed by atoms with van der Waals surface area (Å²) < 4.78 is 10.4. The van der Waals surface area contributed by atoms with Crippen molar-refractivity contribution in [1.29, 1.82) is 0 Å². The molecule has 3 amide bonds. The first-order valence-corrected chi connectivity index (χ1v) is 11.0. The van der Waals surface area contributed by atoms with Gasteiger partial charge in [-0.1, -0.05) is 35.3 Å². The van der Waals surface area contributed by atoms with Gasteiger partial charge in [0.25, 0.3) is 17.7 Å². The van der Waals surface area contributed by atoms with Gasteiger partial charge in [0.15, 0.2) is 0 Å². The van der Waals surface area contributed by atoms with E-state index in [1.54, 1.807) is 54.6 Å². The minimum absolute atomic E-state index is 0.135. The number of nitrogens with one attached hydrogen (secondary N) is 2. The molecule has 3 aromatic carbocycles. The van der Waals surface area contributed by atoms with Crippen LogP contribution in [0.1, 0.15) is 10.4 Å². The third-order valence-electron chi connectivity index (χ3n) is 5.13. The molecular formula is C25H19Cl2N3O5. The molecule has 0 saturated carbocycles. The fourth-order valence-corrected chi connectivity index (χ4v) is 3.83. The third kappa shape index (κ3) is 4.94. The van der Waals surface area contributed by atoms with Gasteiger partial charge in [-0.3, -0.25) is 14.4 Å². The van der Waals surface area contributed by atoms with Crippen LogP contribution in [0.5, 0.6) is 11.5 Å². The topological polar surface area (TPSA) is 97.0 Å². The Morgan fingerprint density at radius 1 is 0.857 bits per heavy atom. The van der Waals surface area contributed by atoms with E-state index in [-0.39, 0.29) is 28.1 Å². The van der Waals surface area contributed by atoms with Crippen molar-refractivity contribution in [1.82, 2.24) is 0 Å². The van der Waals surface area contributed by atoms with Gasteiger partial charge < -0.3 is 20.1 Å². The van der Waals surface area contributed by atoms with E-state index in [0.29, 0.717) is 27.7 Å². The second-order valence-corrected chi connectivity index (χ2v) is 8.16. The van der Waals surface area contributed by atoms with Crippen molar-refractivity contribution < 1.29 is 23.9 Å². The molecule has 3 aromatic rings. The maximum absolute atomic E-state index is 13.1. The van der Waals surface area contributed by atoms with E-state index in [9.17, 15) is 14.4 Å². The van der Waals surface area contributed by atoms with E-state index in [1.807, 2.05) is 0 Å². The van der Waals surface area contributed by atoms with E-state index < -0.39 is 11.8 Å². The Hall–Kier alpha value is -4.01. The normalized spacial score (nSPS) is 13.2. The highest BCUT2D eigenvalue weighted by molar-refractivity contribution is 6.53. The third-order valence-corrected chi connectivity index (χ3v) is 5.72. The Balaban J connectivity index is 1.56. The largest absolute Gasteiger partial charge is 0.497 e. The van der Waals surface area contributed by atoms with Gasteiger partial charge in [0.05, 0.1) is 19.9 Å². The summed E-state index contributed by atoms with van der Waals surface area (Å²) in [7, 11) is 2.95. The number of hydrogen-bond acceptors (Lipinski definition) is 6. The summed E-state index contributed by atoms with van der Waals surface area (Å²) in [5.41, 5.74) is 1.29. The van der Waals surface area contributed by atoms with E-state index >= 15 is 0 Å². The summed E-state index contributed by atoms with van der Waals surface area (Å²) in [6, 6.07) is 17.9. The predicted octanol–water partition coefficient (Wildman–Crippen LogP) is 5.05. The van der Waals surface area contributed by atoms with Gasteiger partial charge in [-0.25, -0.2) is 4.90 Å². The zero-order chi connectivity index (χ0) is 25.1. The molecule has 1 heterocycles. The first-order chi connectivity index (χ1) is 16.8. The Kier molecular flexibility index (Phi) is 6.95. The van der Waals surface area contributed by atoms with Crippen LogP contribution in [0.25, 0.3) is 0 Å². The lowest BCUT2D eigenvalue weighted by Gasteiger charge is -2.18. The molecule has 0 unspecified atom stereocenters. The maximum Gasteiger partial charge on any atom is 0.283 e. The zero-order valence-corrected chi connectivity index (χ0v) is 20.1. The number of rotatable bonds is 7. The standard InChI is InChI=1S/C25H19Cl2N3O5/c1-34-18-8-4-7-17(13-18)29-23(31)14-5-3-6-16(11-14)28-22-21(27)24(32)30(25(22)33)19-12-15(26)9-10-20(19)35-2/h3-13,28H,1-2H3,(H,29,31). The number of anilines is 3. The van der Waals surface area contributed by atoms with Crippen LogP contribution >= 0.6 is 23.2 Å². The number of imide groups is 1. The van der Waals surface area contributed by atoms with Crippen LogP contribution in [0.2, 0.25) is 5.02 Å². The molecule has 35 heavy (non-hydrogen) atoms. The van der Waals surface area contributed by atoms with Gasteiger partial charge in [-0.05, 0) is 48.5 Å². The summed E-state index contributed by atoms with van der Waals surface area (Å²) in [5.74, 6) is -0.914. The first-order valence-electron chi connectivity index (χ1n) is 10.3. The summed E-state index contributed by atoms with van der Waals surface area (Å²) in [4.78, 5) is 39.6. The fraction of sp³-hybridized carbons (Fsp3) is 0.0800. The van der Waals surface area contributed by atoms with Gasteiger partial charge in [-0.15, -0.1) is 0 Å². The van der Waals surface area contributed by atoms with E-state index in [1.165, 1.54) is 26.4 Å². The molecule has 0 aromatic heterocycles. The monoisotopic (exact) mass is 511 g/mol. The molecule has 0 spiro atoms. The highest BCUT2D eigenvalue weighted by Crippen LogP contribution is 2.37. The number of ether oxygens (including phenoxy) is 2. The lowest BCUT2D eigenvalue weighted by Crippen LogP contribution is -2.32. The van der Waals surface area contributed by atoms with E-state index in [0.717, 1.165) is 4.90 Å². The average molecular weight is 512 g/mol. The van der Waals surface area contributed by atoms with Crippen molar-refractivity contribution in [2.24, 2.45) is 0 Å². The van der Waals surface area contributed by atoms with E-state index in [4.69, 9.17) is 32.7 Å². The first kappa shape index (κ1) is 24.1. The molecule has 0 radical (unpaired) electrons. The molecule has 4 rings (SSSR count). The van der Waals surface area contributed by atoms with Crippen LogP contribution in [0.3, 0.4) is 0 Å². The Labute approximate surface area is 211 Å². The van der Waals surface area contributed by atoms with Crippen molar-refractivity contribution in [2.75, 3.05) is 29.8 Å². The van der Waals surface area contributed by atoms with Crippen molar-refractivity contribution in [2.45, 2.75) is 0 Å². The predicted molar refractivity (Wildman–Crippen MR) is 134 cm³/mol. The molecule has 178 valence electrons. The van der Waals surface area contributed by atoms with Gasteiger partial charge >= 0.3 is 0 Å². The number of methoxy groups -OCH3 is 2. The molecule has 0 atom stereocenters. The van der Waals surface area contributed by atoms with Gasteiger partial charge in [0.1, 0.15) is 22.2 Å². The number of carbonyl (C=O) groups excluding carboxylic acids is 3. The minimum Gasteiger partial charge on any atom is -0.497 e.